The van der Waals surface area contributed by atoms with Gasteiger partial charge in [0.25, 0.3) is 5.91 Å². The summed E-state index contributed by atoms with van der Waals surface area (Å²) in [7, 11) is 1.61. The third-order valence-corrected chi connectivity index (χ3v) is 6.29. The second-order valence-corrected chi connectivity index (χ2v) is 8.76. The minimum Gasteiger partial charge on any atom is -0.497 e. The summed E-state index contributed by atoms with van der Waals surface area (Å²) in [6.07, 6.45) is 1.89. The number of nitrogens with zero attached hydrogens (tertiary/aromatic N) is 4. The summed E-state index contributed by atoms with van der Waals surface area (Å²) in [6.45, 7) is 2.10. The number of aromatic nitrogens is 4. The fourth-order valence-electron chi connectivity index (χ4n) is 4.01. The van der Waals surface area contributed by atoms with Crippen molar-refractivity contribution in [3.63, 3.8) is 0 Å². The van der Waals surface area contributed by atoms with Gasteiger partial charge in [-0.2, -0.15) is 0 Å². The predicted octanol–water partition coefficient (Wildman–Crippen LogP) is 4.10. The molecule has 1 aliphatic carbocycles. The Morgan fingerprint density at radius 3 is 2.63 bits per heavy atom. The van der Waals surface area contributed by atoms with Crippen molar-refractivity contribution in [2.75, 3.05) is 13.7 Å². The number of amides is 1. The monoisotopic (exact) mass is 493 g/mol. The van der Waals surface area contributed by atoms with Crippen molar-refractivity contribution in [2.45, 2.75) is 32.4 Å². The van der Waals surface area contributed by atoms with Crippen molar-refractivity contribution in [1.29, 1.82) is 0 Å². The summed E-state index contributed by atoms with van der Waals surface area (Å²) < 4.78 is 13.6. The van der Waals surface area contributed by atoms with Gasteiger partial charge in [0.15, 0.2) is 5.82 Å². The molecule has 4 aromatic rings. The summed E-state index contributed by atoms with van der Waals surface area (Å²) >= 11 is 6.29. The lowest BCUT2D eigenvalue weighted by Gasteiger charge is -2.06. The van der Waals surface area contributed by atoms with Crippen LogP contribution in [0.5, 0.6) is 5.75 Å². The molecule has 1 saturated carbocycles. The van der Waals surface area contributed by atoms with Crippen molar-refractivity contribution >= 4 is 17.5 Å². The highest BCUT2D eigenvalue weighted by Crippen LogP contribution is 2.36. The number of aryl methyl sites for hydroxylation is 1. The summed E-state index contributed by atoms with van der Waals surface area (Å²) in [6, 6.07) is 14.7. The first-order chi connectivity index (χ1) is 17.0. The second-order valence-electron chi connectivity index (χ2n) is 8.36. The van der Waals surface area contributed by atoms with Gasteiger partial charge in [-0.3, -0.25) is 9.36 Å². The number of ether oxygens (including phenoxy) is 1. The van der Waals surface area contributed by atoms with E-state index in [-0.39, 0.29) is 30.7 Å². The maximum atomic E-state index is 13.1. The number of halogens is 1. The number of carbonyl (C=O) groups excluding carboxylic acids is 1. The molecule has 10 heteroatoms. The quantitative estimate of drug-likeness (QED) is 0.396. The minimum absolute atomic E-state index is 0.153. The van der Waals surface area contributed by atoms with E-state index in [9.17, 15) is 9.59 Å². The van der Waals surface area contributed by atoms with E-state index in [0.29, 0.717) is 33.4 Å². The number of benzene rings is 2. The van der Waals surface area contributed by atoms with Crippen molar-refractivity contribution in [3.8, 4) is 28.4 Å². The molecule has 0 aliphatic heterocycles. The zero-order valence-electron chi connectivity index (χ0n) is 19.3. The fourth-order valence-corrected chi connectivity index (χ4v) is 4.23. The van der Waals surface area contributed by atoms with Crippen molar-refractivity contribution < 1.29 is 14.1 Å². The Bertz CT molecular complexity index is 1430. The van der Waals surface area contributed by atoms with Gasteiger partial charge in [-0.1, -0.05) is 35.0 Å². The average Bonchev–Trinajstić information content (AvgIpc) is 3.55. The highest BCUT2D eigenvalue weighted by Gasteiger charge is 2.30. The van der Waals surface area contributed by atoms with Crippen LogP contribution in [-0.2, 0) is 6.54 Å². The Morgan fingerprint density at radius 2 is 1.94 bits per heavy atom. The van der Waals surface area contributed by atoms with Crippen LogP contribution in [0.3, 0.4) is 0 Å². The molecule has 5 rings (SSSR count). The van der Waals surface area contributed by atoms with Crippen molar-refractivity contribution in [2.24, 2.45) is 0 Å². The summed E-state index contributed by atoms with van der Waals surface area (Å²) in [4.78, 5) is 26.1. The van der Waals surface area contributed by atoms with Crippen molar-refractivity contribution in [3.05, 3.63) is 75.4 Å². The molecule has 35 heavy (non-hydrogen) atoms. The average molecular weight is 494 g/mol. The van der Waals surface area contributed by atoms with E-state index in [2.05, 4.69) is 15.6 Å². The van der Waals surface area contributed by atoms with Gasteiger partial charge in [0.05, 0.1) is 18.7 Å². The number of hydrogen-bond acceptors (Lipinski definition) is 6. The fraction of sp³-hybridized carbons (Fsp3) is 0.280. The zero-order valence-corrected chi connectivity index (χ0v) is 20.1. The molecule has 0 atom stereocenters. The molecule has 9 nitrogen and oxygen atoms in total. The Morgan fingerprint density at radius 1 is 1.20 bits per heavy atom. The molecular formula is C25H24ClN5O4. The van der Waals surface area contributed by atoms with Crippen LogP contribution in [0.15, 0.2) is 57.8 Å². The molecule has 1 aliphatic rings. The molecule has 2 aromatic carbocycles. The maximum Gasteiger partial charge on any atom is 0.346 e. The molecule has 1 N–H and O–H groups in total. The van der Waals surface area contributed by atoms with E-state index in [1.54, 1.807) is 36.8 Å². The van der Waals surface area contributed by atoms with Gasteiger partial charge < -0.3 is 14.6 Å². The molecule has 0 radical (unpaired) electrons. The number of nitrogens with one attached hydrogen (secondary N) is 1. The van der Waals surface area contributed by atoms with Gasteiger partial charge in [0.2, 0.25) is 0 Å². The number of methoxy groups -OCH3 is 1. The maximum absolute atomic E-state index is 13.1. The van der Waals surface area contributed by atoms with Gasteiger partial charge in [-0.15, -0.1) is 5.10 Å². The molecule has 1 amide bonds. The molecule has 0 saturated heterocycles. The molecule has 1 fully saturated rings. The first-order valence-electron chi connectivity index (χ1n) is 11.3. The van der Waals surface area contributed by atoms with Gasteiger partial charge in [-0.25, -0.2) is 9.48 Å². The molecule has 0 bridgehead atoms. The van der Waals surface area contributed by atoms with E-state index in [0.717, 1.165) is 24.2 Å². The Labute approximate surface area is 206 Å². The SMILES string of the molecule is COc1ccc(-c2nn(CCNC(=O)c3c(-c4ccccc4Cl)noc3C)c(=O)n2C2CC2)cc1. The molecule has 2 aromatic heterocycles. The third kappa shape index (κ3) is 4.46. The van der Waals surface area contributed by atoms with Crippen LogP contribution in [0.1, 0.15) is 35.0 Å². The third-order valence-electron chi connectivity index (χ3n) is 5.96. The van der Waals surface area contributed by atoms with Crippen LogP contribution in [0.25, 0.3) is 22.6 Å². The lowest BCUT2D eigenvalue weighted by Crippen LogP contribution is -2.32. The van der Waals surface area contributed by atoms with Gasteiger partial charge >= 0.3 is 5.69 Å². The van der Waals surface area contributed by atoms with Crippen LogP contribution in [-0.4, -0.2) is 39.1 Å². The lowest BCUT2D eigenvalue weighted by molar-refractivity contribution is 0.0951. The number of rotatable bonds is 8. The summed E-state index contributed by atoms with van der Waals surface area (Å²) in [5.74, 6) is 1.37. The van der Waals surface area contributed by atoms with Crippen molar-refractivity contribution in [1.82, 2.24) is 24.8 Å². The topological polar surface area (TPSA) is 104 Å². The highest BCUT2D eigenvalue weighted by atomic mass is 35.5. The zero-order chi connectivity index (χ0) is 24.5. The minimum atomic E-state index is -0.358. The molecule has 2 heterocycles. The van der Waals surface area contributed by atoms with E-state index in [1.807, 2.05) is 30.3 Å². The van der Waals surface area contributed by atoms with Gasteiger partial charge in [-0.05, 0) is 50.1 Å². The van der Waals surface area contributed by atoms with Crippen LogP contribution in [0.2, 0.25) is 5.02 Å². The molecule has 0 unspecified atom stereocenters. The number of hydrogen-bond donors (Lipinski definition) is 1. The van der Waals surface area contributed by atoms with E-state index in [1.165, 1.54) is 4.68 Å². The Hall–Kier alpha value is -3.85. The summed E-state index contributed by atoms with van der Waals surface area (Å²) in [5, 5.41) is 11.9. The summed E-state index contributed by atoms with van der Waals surface area (Å²) in [5.41, 5.74) is 1.95. The first-order valence-corrected chi connectivity index (χ1v) is 11.7. The van der Waals surface area contributed by atoms with Crippen LogP contribution in [0, 0.1) is 6.92 Å². The van der Waals surface area contributed by atoms with Crippen LogP contribution in [0.4, 0.5) is 0 Å². The Balaban J connectivity index is 1.34. The highest BCUT2D eigenvalue weighted by molar-refractivity contribution is 6.33. The van der Waals surface area contributed by atoms with E-state index >= 15 is 0 Å². The molecular weight excluding hydrogens is 470 g/mol. The van der Waals surface area contributed by atoms with E-state index < -0.39 is 0 Å². The van der Waals surface area contributed by atoms with Crippen LogP contribution >= 0.6 is 11.6 Å². The standard InChI is InChI=1S/C25H24ClN5O4/c1-15-21(22(29-35-15)19-5-3-4-6-20(19)26)24(32)27-13-14-30-25(33)31(17-9-10-17)23(28-30)16-7-11-18(34-2)12-8-16/h3-8,11-12,17H,9-10,13-14H2,1-2H3,(H,27,32). The number of carbonyl (C=O) groups is 1. The second kappa shape index (κ2) is 9.42. The van der Waals surface area contributed by atoms with E-state index in [4.69, 9.17) is 20.9 Å². The van der Waals surface area contributed by atoms with Gasteiger partial charge in [0.1, 0.15) is 22.8 Å². The largest absolute Gasteiger partial charge is 0.497 e. The first kappa shape index (κ1) is 22.9. The van der Waals surface area contributed by atoms with Crippen LogP contribution < -0.4 is 15.7 Å². The normalized spacial score (nSPS) is 13.1. The molecule has 0 spiro atoms. The molecule has 180 valence electrons. The smallest absolute Gasteiger partial charge is 0.346 e. The Kier molecular flexibility index (Phi) is 6.17. The lowest BCUT2D eigenvalue weighted by atomic mass is 10.1. The van der Waals surface area contributed by atoms with Gasteiger partial charge in [0, 0.05) is 23.7 Å². The predicted molar refractivity (Wildman–Crippen MR) is 131 cm³/mol.